The molecule has 0 saturated heterocycles. The first-order valence-electron chi connectivity index (χ1n) is 5.17. The Balaban J connectivity index is 2.05. The number of aliphatic hydroxyl groups is 1. The highest BCUT2D eigenvalue weighted by atomic mass is 16.3. The van der Waals surface area contributed by atoms with Crippen molar-refractivity contribution in [3.05, 3.63) is 0 Å². The zero-order valence-corrected chi connectivity index (χ0v) is 8.05. The van der Waals surface area contributed by atoms with E-state index in [2.05, 4.69) is 5.32 Å². The molecule has 1 aliphatic carbocycles. The summed E-state index contributed by atoms with van der Waals surface area (Å²) in [6.45, 7) is 1.03. The second-order valence-corrected chi connectivity index (χ2v) is 3.86. The molecule has 0 aromatic carbocycles. The molecule has 2 nitrogen and oxygen atoms in total. The summed E-state index contributed by atoms with van der Waals surface area (Å²) in [7, 11) is 1.96. The molecule has 0 spiro atoms. The fourth-order valence-electron chi connectivity index (χ4n) is 2.07. The first-order chi connectivity index (χ1) is 5.84. The first-order valence-corrected chi connectivity index (χ1v) is 5.17. The molecule has 1 fully saturated rings. The number of hydrogen-bond acceptors (Lipinski definition) is 2. The third-order valence-corrected chi connectivity index (χ3v) is 2.87. The first kappa shape index (κ1) is 10.0. The highest BCUT2D eigenvalue weighted by Crippen LogP contribution is 2.29. The van der Waals surface area contributed by atoms with Crippen molar-refractivity contribution in [2.24, 2.45) is 5.92 Å². The van der Waals surface area contributed by atoms with E-state index in [0.717, 1.165) is 19.4 Å². The van der Waals surface area contributed by atoms with Crippen molar-refractivity contribution in [1.82, 2.24) is 5.32 Å². The predicted octanol–water partition coefficient (Wildman–Crippen LogP) is 1.54. The van der Waals surface area contributed by atoms with Crippen LogP contribution in [0.5, 0.6) is 0 Å². The van der Waals surface area contributed by atoms with Crippen LogP contribution >= 0.6 is 0 Å². The smallest absolute Gasteiger partial charge is 0.0568 e. The van der Waals surface area contributed by atoms with Gasteiger partial charge in [-0.15, -0.1) is 0 Å². The van der Waals surface area contributed by atoms with E-state index in [1.807, 2.05) is 7.05 Å². The molecule has 0 radical (unpaired) electrons. The van der Waals surface area contributed by atoms with Crippen molar-refractivity contribution in [1.29, 1.82) is 0 Å². The molecule has 0 heterocycles. The summed E-state index contributed by atoms with van der Waals surface area (Å²) in [6, 6.07) is 0. The molecular formula is C10H21NO. The minimum absolute atomic E-state index is 0.0270. The van der Waals surface area contributed by atoms with Crippen LogP contribution in [0, 0.1) is 5.92 Å². The van der Waals surface area contributed by atoms with Crippen molar-refractivity contribution < 1.29 is 5.11 Å². The van der Waals surface area contributed by atoms with Gasteiger partial charge in [0.05, 0.1) is 6.10 Å². The summed E-state index contributed by atoms with van der Waals surface area (Å²) in [5.74, 6) is 0.613. The molecule has 2 N–H and O–H groups in total. The van der Waals surface area contributed by atoms with Gasteiger partial charge in [-0.25, -0.2) is 0 Å². The van der Waals surface area contributed by atoms with Gasteiger partial charge in [-0.2, -0.15) is 0 Å². The van der Waals surface area contributed by atoms with Gasteiger partial charge >= 0.3 is 0 Å². The van der Waals surface area contributed by atoms with Crippen LogP contribution in [0.2, 0.25) is 0 Å². The molecular weight excluding hydrogens is 150 g/mol. The monoisotopic (exact) mass is 171 g/mol. The molecule has 0 amide bonds. The summed E-state index contributed by atoms with van der Waals surface area (Å²) in [4.78, 5) is 0. The quantitative estimate of drug-likeness (QED) is 0.615. The molecule has 2 heteroatoms. The Kier molecular flexibility index (Phi) is 4.62. The highest BCUT2D eigenvalue weighted by Gasteiger charge is 2.22. The van der Waals surface area contributed by atoms with E-state index in [-0.39, 0.29) is 6.10 Å². The molecule has 0 bridgehead atoms. The molecule has 1 rings (SSSR count). The van der Waals surface area contributed by atoms with Crippen LogP contribution in [0.15, 0.2) is 0 Å². The normalized spacial score (nSPS) is 21.5. The van der Waals surface area contributed by atoms with Crippen LogP contribution in [-0.4, -0.2) is 24.8 Å². The second kappa shape index (κ2) is 5.55. The average molecular weight is 171 g/mol. The topological polar surface area (TPSA) is 32.3 Å². The van der Waals surface area contributed by atoms with Crippen LogP contribution in [-0.2, 0) is 0 Å². The van der Waals surface area contributed by atoms with Gasteiger partial charge in [-0.1, -0.05) is 12.8 Å². The van der Waals surface area contributed by atoms with Crippen molar-refractivity contribution in [3.63, 3.8) is 0 Å². The molecule has 1 aliphatic rings. The molecule has 0 aromatic heterocycles. The molecule has 1 atom stereocenters. The van der Waals surface area contributed by atoms with Crippen molar-refractivity contribution in [3.8, 4) is 0 Å². The Morgan fingerprint density at radius 1 is 1.42 bits per heavy atom. The molecule has 1 unspecified atom stereocenters. The minimum Gasteiger partial charge on any atom is -0.393 e. The van der Waals surface area contributed by atoms with Gasteiger partial charge in [-0.3, -0.25) is 0 Å². The zero-order chi connectivity index (χ0) is 8.81. The van der Waals surface area contributed by atoms with Gasteiger partial charge in [0.2, 0.25) is 0 Å². The Labute approximate surface area is 75.4 Å². The third-order valence-electron chi connectivity index (χ3n) is 2.87. The van der Waals surface area contributed by atoms with Crippen LogP contribution < -0.4 is 5.32 Å². The highest BCUT2D eigenvalue weighted by molar-refractivity contribution is 4.74. The number of nitrogens with one attached hydrogen (secondary N) is 1. The second-order valence-electron chi connectivity index (χ2n) is 3.86. The molecule has 12 heavy (non-hydrogen) atoms. The van der Waals surface area contributed by atoms with E-state index in [0.29, 0.717) is 5.92 Å². The fourth-order valence-corrected chi connectivity index (χ4v) is 2.07. The standard InChI is InChI=1S/C10H21NO/c1-11-8-4-7-10(12)9-5-2-3-6-9/h9-12H,2-8H2,1H3. The van der Waals surface area contributed by atoms with Gasteiger partial charge in [0.1, 0.15) is 0 Å². The van der Waals surface area contributed by atoms with Crippen molar-refractivity contribution in [2.75, 3.05) is 13.6 Å². The van der Waals surface area contributed by atoms with Crippen molar-refractivity contribution in [2.45, 2.75) is 44.6 Å². The van der Waals surface area contributed by atoms with Crippen LogP contribution in [0.3, 0.4) is 0 Å². The lowest BCUT2D eigenvalue weighted by Crippen LogP contribution is -2.19. The predicted molar refractivity (Wildman–Crippen MR) is 51.1 cm³/mol. The summed E-state index contributed by atoms with van der Waals surface area (Å²) in [5, 5.41) is 12.9. The van der Waals surface area contributed by atoms with Gasteiger partial charge in [-0.05, 0) is 45.2 Å². The van der Waals surface area contributed by atoms with E-state index in [1.165, 1.54) is 25.7 Å². The summed E-state index contributed by atoms with van der Waals surface area (Å²) >= 11 is 0. The summed E-state index contributed by atoms with van der Waals surface area (Å²) < 4.78 is 0. The lowest BCUT2D eigenvalue weighted by Gasteiger charge is -2.16. The number of hydrogen-bond donors (Lipinski definition) is 2. The van der Waals surface area contributed by atoms with E-state index in [1.54, 1.807) is 0 Å². The molecule has 1 saturated carbocycles. The maximum absolute atomic E-state index is 9.75. The Bertz CT molecular complexity index is 110. The Hall–Kier alpha value is -0.0800. The summed E-state index contributed by atoms with van der Waals surface area (Å²) in [6.07, 6.45) is 7.21. The molecule has 72 valence electrons. The third kappa shape index (κ3) is 3.11. The fraction of sp³-hybridized carbons (Fsp3) is 1.00. The van der Waals surface area contributed by atoms with Gasteiger partial charge < -0.3 is 10.4 Å². The lowest BCUT2D eigenvalue weighted by molar-refractivity contribution is 0.0999. The van der Waals surface area contributed by atoms with E-state index < -0.39 is 0 Å². The zero-order valence-electron chi connectivity index (χ0n) is 8.05. The Morgan fingerprint density at radius 2 is 2.08 bits per heavy atom. The largest absolute Gasteiger partial charge is 0.393 e. The Morgan fingerprint density at radius 3 is 2.67 bits per heavy atom. The number of rotatable bonds is 5. The summed E-state index contributed by atoms with van der Waals surface area (Å²) in [5.41, 5.74) is 0. The van der Waals surface area contributed by atoms with E-state index in [4.69, 9.17) is 0 Å². The minimum atomic E-state index is -0.0270. The lowest BCUT2D eigenvalue weighted by atomic mass is 9.97. The maximum Gasteiger partial charge on any atom is 0.0568 e. The van der Waals surface area contributed by atoms with E-state index in [9.17, 15) is 5.11 Å². The molecule has 0 aliphatic heterocycles. The average Bonchev–Trinajstić information content (AvgIpc) is 2.56. The van der Waals surface area contributed by atoms with Gasteiger partial charge in [0, 0.05) is 0 Å². The van der Waals surface area contributed by atoms with E-state index >= 15 is 0 Å². The SMILES string of the molecule is CNCCCC(O)C1CCCC1. The van der Waals surface area contributed by atoms with Gasteiger partial charge in [0.15, 0.2) is 0 Å². The van der Waals surface area contributed by atoms with Crippen LogP contribution in [0.4, 0.5) is 0 Å². The number of aliphatic hydroxyl groups excluding tert-OH is 1. The molecule has 0 aromatic rings. The van der Waals surface area contributed by atoms with Crippen molar-refractivity contribution >= 4 is 0 Å². The van der Waals surface area contributed by atoms with Crippen LogP contribution in [0.25, 0.3) is 0 Å². The van der Waals surface area contributed by atoms with Gasteiger partial charge in [0.25, 0.3) is 0 Å². The maximum atomic E-state index is 9.75. The van der Waals surface area contributed by atoms with Crippen LogP contribution in [0.1, 0.15) is 38.5 Å².